The van der Waals surface area contributed by atoms with E-state index in [2.05, 4.69) is 46.1 Å². The minimum atomic E-state index is -0.659. The zero-order valence-corrected chi connectivity index (χ0v) is 26.0. The highest BCUT2D eigenvalue weighted by Gasteiger charge is 2.68. The molecule has 4 rings (SSSR count). The second-order valence-corrected chi connectivity index (χ2v) is 14.9. The van der Waals surface area contributed by atoms with Gasteiger partial charge >= 0.3 is 5.97 Å². The summed E-state index contributed by atoms with van der Waals surface area (Å²) in [5.74, 6) is 0.143. The number of hydrogen-bond donors (Lipinski definition) is 2. The van der Waals surface area contributed by atoms with Gasteiger partial charge in [0.05, 0.1) is 18.0 Å². The summed E-state index contributed by atoms with van der Waals surface area (Å²) in [4.78, 5) is 29.4. The second kappa shape index (κ2) is 11.8. The summed E-state index contributed by atoms with van der Waals surface area (Å²) in [6.45, 7) is 18.9. The van der Waals surface area contributed by atoms with Gasteiger partial charge in [0.1, 0.15) is 11.9 Å². The summed E-state index contributed by atoms with van der Waals surface area (Å²) >= 11 is 1.51. The fraction of sp³-hybridized carbons (Fsp3) is 0.875. The number of ether oxygens (including phenoxy) is 1. The summed E-state index contributed by atoms with van der Waals surface area (Å²) in [5.41, 5.74) is -1.39. The summed E-state index contributed by atoms with van der Waals surface area (Å²) < 4.78 is 6.38. The van der Waals surface area contributed by atoms with Gasteiger partial charge in [0.25, 0.3) is 0 Å². The van der Waals surface area contributed by atoms with Crippen LogP contribution in [0.5, 0.6) is 0 Å². The number of ketones is 1. The van der Waals surface area contributed by atoms with E-state index >= 15 is 0 Å². The molecule has 2 N–H and O–H groups in total. The van der Waals surface area contributed by atoms with E-state index in [0.717, 1.165) is 51.6 Å². The van der Waals surface area contributed by atoms with Gasteiger partial charge in [0, 0.05) is 34.5 Å². The molecule has 0 aromatic heterocycles. The second-order valence-electron chi connectivity index (χ2n) is 13.7. The number of Topliss-reactive ketones (excluding diaryl/α,β-unsaturated/α-hetero) is 1. The van der Waals surface area contributed by atoms with E-state index < -0.39 is 29.1 Å². The largest absolute Gasteiger partial charge is 0.461 e. The molecule has 0 unspecified atom stereocenters. The van der Waals surface area contributed by atoms with Gasteiger partial charge in [-0.3, -0.25) is 9.59 Å². The Morgan fingerprint density at radius 1 is 1.15 bits per heavy atom. The molecule has 222 valence electrons. The smallest absolute Gasteiger partial charge is 0.316 e. The van der Waals surface area contributed by atoms with E-state index in [9.17, 15) is 19.8 Å². The summed E-state index contributed by atoms with van der Waals surface area (Å²) in [6.07, 6.45) is 6.61. The number of rotatable bonds is 8. The van der Waals surface area contributed by atoms with E-state index in [-0.39, 0.29) is 45.9 Å². The molecule has 2 bridgehead atoms. The van der Waals surface area contributed by atoms with Crippen LogP contribution in [0, 0.1) is 34.0 Å². The predicted octanol–water partition coefficient (Wildman–Crippen LogP) is 5.25. The van der Waals surface area contributed by atoms with Gasteiger partial charge in [-0.25, -0.2) is 0 Å². The van der Waals surface area contributed by atoms with Crippen LogP contribution in [0.4, 0.5) is 0 Å². The van der Waals surface area contributed by atoms with Crippen LogP contribution in [0.15, 0.2) is 12.7 Å². The van der Waals surface area contributed by atoms with Crippen molar-refractivity contribution in [3.63, 3.8) is 0 Å². The normalized spacial score (nSPS) is 46.3. The van der Waals surface area contributed by atoms with Gasteiger partial charge in [0.2, 0.25) is 0 Å². The number of esters is 1. The Morgan fingerprint density at radius 3 is 2.46 bits per heavy atom. The monoisotopic (exact) mass is 563 g/mol. The Morgan fingerprint density at radius 2 is 1.85 bits per heavy atom. The first-order chi connectivity index (χ1) is 18.4. The van der Waals surface area contributed by atoms with Crippen LogP contribution in [-0.4, -0.2) is 75.3 Å². The average molecular weight is 564 g/mol. The molecular weight excluding hydrogens is 510 g/mol. The topological polar surface area (TPSA) is 87.1 Å². The summed E-state index contributed by atoms with van der Waals surface area (Å²) in [5, 5.41) is 22.6. The third-order valence-electron chi connectivity index (χ3n) is 12.0. The maximum absolute atomic E-state index is 13.6. The van der Waals surface area contributed by atoms with Crippen LogP contribution in [0.25, 0.3) is 0 Å². The fourth-order valence-corrected chi connectivity index (χ4v) is 10.3. The van der Waals surface area contributed by atoms with Crippen molar-refractivity contribution in [2.75, 3.05) is 18.8 Å². The molecule has 0 aromatic rings. The molecule has 39 heavy (non-hydrogen) atoms. The quantitative estimate of drug-likeness (QED) is 0.308. The van der Waals surface area contributed by atoms with Crippen LogP contribution in [0.2, 0.25) is 0 Å². The molecule has 0 radical (unpaired) electrons. The van der Waals surface area contributed by atoms with Crippen LogP contribution >= 0.6 is 11.8 Å². The molecule has 4 fully saturated rings. The van der Waals surface area contributed by atoms with Crippen molar-refractivity contribution in [2.45, 2.75) is 123 Å². The number of aliphatic hydroxyl groups is 2. The number of carbonyl (C=O) groups excluding carboxylic acids is 2. The fourth-order valence-electron chi connectivity index (χ4n) is 9.23. The molecule has 0 saturated heterocycles. The Kier molecular flexibility index (Phi) is 9.37. The van der Waals surface area contributed by atoms with Crippen LogP contribution < -0.4 is 0 Å². The zero-order valence-electron chi connectivity index (χ0n) is 25.2. The number of aliphatic hydroxyl groups excluding tert-OH is 2. The molecule has 7 heteroatoms. The number of thioether (sulfide) groups is 1. The molecule has 4 saturated carbocycles. The van der Waals surface area contributed by atoms with E-state index in [1.807, 2.05) is 13.0 Å². The third-order valence-corrected chi connectivity index (χ3v) is 13.4. The highest BCUT2D eigenvalue weighted by atomic mass is 32.2. The van der Waals surface area contributed by atoms with Gasteiger partial charge in [-0.05, 0) is 75.3 Å². The van der Waals surface area contributed by atoms with Crippen molar-refractivity contribution in [1.29, 1.82) is 0 Å². The Bertz CT molecular complexity index is 924. The van der Waals surface area contributed by atoms with Crippen LogP contribution in [-0.2, 0) is 14.3 Å². The first-order valence-electron chi connectivity index (χ1n) is 15.4. The molecule has 0 aliphatic heterocycles. The number of nitrogens with zero attached hydrogens (tertiary/aromatic N) is 1. The summed E-state index contributed by atoms with van der Waals surface area (Å²) in [7, 11) is 0. The minimum Gasteiger partial charge on any atom is -0.461 e. The lowest BCUT2D eigenvalue weighted by Crippen LogP contribution is -2.63. The van der Waals surface area contributed by atoms with E-state index in [0.29, 0.717) is 18.9 Å². The van der Waals surface area contributed by atoms with E-state index in [4.69, 9.17) is 4.74 Å². The van der Waals surface area contributed by atoms with Crippen molar-refractivity contribution in [1.82, 2.24) is 4.90 Å². The Labute approximate surface area is 240 Å². The standard InChI is InChI=1S/C32H53NO5S/c1-8-30(6)18-26(38-27(36)19-39-25-12-11-22(17-24(25)35)33(9-2)10-3)31(7)20(4)13-15-32(21(5)29(30)37)16-14-23(34)28(31)32/h8,20-22,24-26,28-29,35,37H,1,9-19H2,2-7H3/t20-,21+,22-,24+,25+,26-,28+,29+,30-,31+,32+/m1/s1. The maximum Gasteiger partial charge on any atom is 0.316 e. The van der Waals surface area contributed by atoms with Gasteiger partial charge < -0.3 is 19.8 Å². The number of hydrogen-bond acceptors (Lipinski definition) is 7. The van der Waals surface area contributed by atoms with Gasteiger partial charge in [-0.1, -0.05) is 47.6 Å². The molecule has 0 amide bonds. The van der Waals surface area contributed by atoms with E-state index in [1.54, 1.807) is 0 Å². The lowest BCUT2D eigenvalue weighted by molar-refractivity contribution is -0.205. The first-order valence-corrected chi connectivity index (χ1v) is 16.5. The van der Waals surface area contributed by atoms with E-state index in [1.165, 1.54) is 11.8 Å². The van der Waals surface area contributed by atoms with Crippen molar-refractivity contribution >= 4 is 23.5 Å². The number of carbonyl (C=O) groups is 2. The SMILES string of the molecule is C=C[C@]1(C)C[C@@H](OC(=O)CS[C@H]2CC[C@@H](N(CC)CC)C[C@@H]2O)[C@]2(C)[C@H](C)CC[C@]3(CCC(=O)[C@H]32)[C@@H](C)[C@@H]1O. The molecule has 4 aliphatic rings. The molecule has 0 aromatic carbocycles. The molecule has 6 nitrogen and oxygen atoms in total. The minimum absolute atomic E-state index is 0.0241. The zero-order chi connectivity index (χ0) is 28.8. The van der Waals surface area contributed by atoms with Crippen molar-refractivity contribution in [3.8, 4) is 0 Å². The lowest BCUT2D eigenvalue weighted by Gasteiger charge is -2.61. The summed E-state index contributed by atoms with van der Waals surface area (Å²) in [6, 6.07) is 0.399. The first kappa shape index (κ1) is 31.1. The lowest BCUT2D eigenvalue weighted by atomic mass is 9.44. The van der Waals surface area contributed by atoms with Gasteiger partial charge in [-0.2, -0.15) is 0 Å². The molecule has 4 aliphatic carbocycles. The highest BCUT2D eigenvalue weighted by Crippen LogP contribution is 2.68. The van der Waals surface area contributed by atoms with Gasteiger partial charge in [-0.15, -0.1) is 18.3 Å². The molecule has 0 heterocycles. The Hall–Kier alpha value is -0.890. The Balaban J connectivity index is 1.53. The molecule has 11 atom stereocenters. The van der Waals surface area contributed by atoms with Crippen molar-refractivity contribution in [2.24, 2.45) is 34.0 Å². The average Bonchev–Trinajstić information content (AvgIpc) is 3.27. The predicted molar refractivity (Wildman–Crippen MR) is 157 cm³/mol. The molecule has 0 spiro atoms. The third kappa shape index (κ3) is 5.28. The van der Waals surface area contributed by atoms with Crippen molar-refractivity contribution < 1.29 is 24.5 Å². The van der Waals surface area contributed by atoms with Crippen LogP contribution in [0.1, 0.15) is 92.9 Å². The van der Waals surface area contributed by atoms with Crippen molar-refractivity contribution in [3.05, 3.63) is 12.7 Å². The van der Waals surface area contributed by atoms with Gasteiger partial charge in [0.15, 0.2) is 0 Å². The maximum atomic E-state index is 13.6. The molecular formula is C32H53NO5S. The highest BCUT2D eigenvalue weighted by molar-refractivity contribution is 8.00. The van der Waals surface area contributed by atoms with Crippen LogP contribution in [0.3, 0.4) is 0 Å².